The van der Waals surface area contributed by atoms with E-state index in [0.29, 0.717) is 0 Å². The maximum absolute atomic E-state index is 0. The first kappa shape index (κ1) is 262. The fraction of sp³-hybridized carbons (Fsp3) is 0. The van der Waals surface area contributed by atoms with E-state index >= 15 is 0 Å². The van der Waals surface area contributed by atoms with Crippen molar-refractivity contribution in [1.82, 2.24) is 0 Å². The molecule has 0 aromatic rings. The Morgan fingerprint density at radius 1 is 0.188 bits per heavy atom. The van der Waals surface area contributed by atoms with Crippen molar-refractivity contribution in [2.45, 2.75) is 0 Å². The quantitative estimate of drug-likeness (QED) is 0.244. The van der Waals surface area contributed by atoms with Crippen molar-refractivity contribution >= 4 is 17.4 Å². The van der Waals surface area contributed by atoms with Crippen LogP contribution in [0.1, 0.15) is 0 Å². The first-order valence-electron chi connectivity index (χ1n) is 0. The van der Waals surface area contributed by atoms with Crippen LogP contribution in [0.15, 0.2) is 0 Å². The van der Waals surface area contributed by atoms with Gasteiger partial charge in [-0.1, -0.05) is 0 Å². The van der Waals surface area contributed by atoms with E-state index in [1.807, 2.05) is 0 Å². The van der Waals surface area contributed by atoms with Gasteiger partial charge in [-0.15, -0.1) is 0 Å². The van der Waals surface area contributed by atoms with E-state index in [0.717, 1.165) is 0 Å². The molecule has 16 heavy (non-hydrogen) atoms. The molecule has 0 fully saturated rings. The Bertz CT molecular complexity index is 16.2. The molecule has 0 saturated carbocycles. The minimum absolute atomic E-state index is 0. The van der Waals surface area contributed by atoms with E-state index in [1.165, 1.54) is 0 Å². The summed E-state index contributed by atoms with van der Waals surface area (Å²) in [6.07, 6.45) is 0. The van der Waals surface area contributed by atoms with Crippen molar-refractivity contribution in [2.24, 2.45) is 0 Å². The van der Waals surface area contributed by atoms with Crippen LogP contribution < -0.4 is 149 Å². The van der Waals surface area contributed by atoms with Crippen molar-refractivity contribution in [3.8, 4) is 0 Å². The van der Waals surface area contributed by atoms with Crippen LogP contribution in [-0.4, -0.2) is 17.4 Å². The summed E-state index contributed by atoms with van der Waals surface area (Å²) in [5, 5.41) is 0. The van der Waals surface area contributed by atoms with Gasteiger partial charge < -0.3 is 149 Å². The zero-order valence-corrected chi connectivity index (χ0v) is 21.5. The van der Waals surface area contributed by atoms with Gasteiger partial charge in [0.25, 0.3) is 0 Å². The molecule has 16 heteroatoms. The molecule has 0 heterocycles. The molecule has 99 valence electrons. The Kier molecular flexibility index (Phi) is 3710. The summed E-state index contributed by atoms with van der Waals surface area (Å²) >= 11 is 0. The maximum atomic E-state index is 0. The summed E-state index contributed by atoms with van der Waals surface area (Å²) in [7, 11) is 0. The minimum atomic E-state index is 0. The van der Waals surface area contributed by atoms with Crippen molar-refractivity contribution in [3.05, 3.63) is 0 Å². The van der Waals surface area contributed by atoms with Crippen molar-refractivity contribution in [1.29, 1.82) is 0 Å². The number of hydrogen-bond acceptors (Lipinski definition) is 0. The van der Waals surface area contributed by atoms with Gasteiger partial charge in [-0.25, -0.2) is 0 Å². The molecule has 0 aliphatic carbocycles. The molecular formula is AlCl12Ti3. The second kappa shape index (κ2) is 227. The molecule has 0 N–H and O–H groups in total. The topological polar surface area (TPSA) is 0 Å². The van der Waals surface area contributed by atoms with Crippen LogP contribution in [0.25, 0.3) is 0 Å². The zero-order valence-electron chi connectivity index (χ0n) is 6.61. The van der Waals surface area contributed by atoms with E-state index in [1.54, 1.807) is 0 Å². The third kappa shape index (κ3) is 195. The number of hydrogen-bond donors (Lipinski definition) is 0. The Morgan fingerprint density at radius 3 is 0.188 bits per heavy atom. The molecule has 0 amide bonds. The molecule has 0 atom stereocenters. The fourth-order valence-electron chi connectivity index (χ4n) is 0. The van der Waals surface area contributed by atoms with E-state index < -0.39 is 0 Å². The molecule has 0 aromatic carbocycles. The Labute approximate surface area is 227 Å². The van der Waals surface area contributed by atoms with E-state index in [9.17, 15) is 0 Å². The van der Waals surface area contributed by atoms with Crippen LogP contribution >= 0.6 is 0 Å². The van der Waals surface area contributed by atoms with Gasteiger partial charge in [0.05, 0.1) is 0 Å². The second-order valence-electron chi connectivity index (χ2n) is 0. The van der Waals surface area contributed by atoms with E-state index in [2.05, 4.69) is 0 Å². The predicted octanol–water partition coefficient (Wildman–Crippen LogP) is -36.3. The molecule has 0 rings (SSSR count). The van der Waals surface area contributed by atoms with Crippen molar-refractivity contribution in [2.75, 3.05) is 0 Å². The molecule has 0 aliphatic rings. The van der Waals surface area contributed by atoms with Crippen molar-refractivity contribution < 1.29 is 214 Å². The normalized spacial score (nSPS) is 0. The first-order chi connectivity index (χ1) is 0. The zero-order chi connectivity index (χ0) is 0. The van der Waals surface area contributed by atoms with Gasteiger partial charge in [-0.2, -0.15) is 0 Å². The van der Waals surface area contributed by atoms with Gasteiger partial charge in [-0.05, 0) is 0 Å². The van der Waals surface area contributed by atoms with Crippen LogP contribution in [0.2, 0.25) is 0 Å². The Hall–Kier alpha value is 6.16. The van der Waals surface area contributed by atoms with Crippen LogP contribution in [0.3, 0.4) is 0 Å². The molecular weight excluding hydrogens is 596 g/mol. The Balaban J connectivity index is 0. The van der Waals surface area contributed by atoms with E-state index in [-0.39, 0.29) is 231 Å². The molecule has 0 aliphatic heterocycles. The van der Waals surface area contributed by atoms with Gasteiger partial charge >= 0.3 is 82.5 Å². The SMILES string of the molecule is [Al+3].[Cl-].[Cl-].[Cl-].[Cl-].[Cl-].[Cl-].[Cl-].[Cl-].[Cl-].[Cl-].[Cl-].[Cl-].[Ti+3].[Ti+3].[Ti+3]. The Morgan fingerprint density at radius 2 is 0.188 bits per heavy atom. The van der Waals surface area contributed by atoms with Crippen LogP contribution in [0.4, 0.5) is 0 Å². The molecule has 0 saturated heterocycles. The van der Waals surface area contributed by atoms with Gasteiger partial charge in [0.1, 0.15) is 0 Å². The van der Waals surface area contributed by atoms with Crippen LogP contribution in [-0.2, 0) is 65.2 Å². The summed E-state index contributed by atoms with van der Waals surface area (Å²) in [6.45, 7) is 0. The number of rotatable bonds is 0. The minimum Gasteiger partial charge on any atom is -1.00 e. The van der Waals surface area contributed by atoms with Gasteiger partial charge in [0.2, 0.25) is 0 Å². The smallest absolute Gasteiger partial charge is 1.00 e. The van der Waals surface area contributed by atoms with Crippen molar-refractivity contribution in [3.63, 3.8) is 0 Å². The second-order valence-corrected chi connectivity index (χ2v) is 0. The molecule has 0 bridgehead atoms. The molecule has 3 radical (unpaired) electrons. The van der Waals surface area contributed by atoms with Crippen LogP contribution in [0.5, 0.6) is 0 Å². The first-order valence-corrected chi connectivity index (χ1v) is 0. The molecule has 0 nitrogen and oxygen atoms in total. The largest absolute Gasteiger partial charge is 3.00 e. The average molecular weight is 596 g/mol. The number of halogens is 12. The van der Waals surface area contributed by atoms with Gasteiger partial charge in [0, 0.05) is 0 Å². The maximum Gasteiger partial charge on any atom is 3.00 e. The average Bonchev–Trinajstić information content (AvgIpc) is 0. The monoisotopic (exact) mass is 590 g/mol. The van der Waals surface area contributed by atoms with Crippen LogP contribution in [0, 0.1) is 0 Å². The summed E-state index contributed by atoms with van der Waals surface area (Å²) in [5.41, 5.74) is 0. The summed E-state index contributed by atoms with van der Waals surface area (Å²) < 4.78 is 0. The van der Waals surface area contributed by atoms with Gasteiger partial charge in [0.15, 0.2) is 0 Å². The third-order valence-electron chi connectivity index (χ3n) is 0. The molecule has 0 aromatic heterocycles. The predicted molar refractivity (Wildman–Crippen MR) is 5.75 cm³/mol. The van der Waals surface area contributed by atoms with E-state index in [4.69, 9.17) is 0 Å². The standard InChI is InChI=1S/Al.12ClH.3Ti/h;12*1H;;;/q+3;;;;;;;;;;;;;3*+3/p-12. The summed E-state index contributed by atoms with van der Waals surface area (Å²) in [5.74, 6) is 0. The molecule has 0 unspecified atom stereocenters. The summed E-state index contributed by atoms with van der Waals surface area (Å²) in [6, 6.07) is 0. The third-order valence-corrected chi connectivity index (χ3v) is 0. The fourth-order valence-corrected chi connectivity index (χ4v) is 0. The molecule has 0 spiro atoms. The van der Waals surface area contributed by atoms with Gasteiger partial charge in [-0.3, -0.25) is 0 Å². The summed E-state index contributed by atoms with van der Waals surface area (Å²) in [4.78, 5) is 0.